The molecule has 1 N–H and O–H groups in total. The molecule has 1 saturated carbocycles. The summed E-state index contributed by atoms with van der Waals surface area (Å²) >= 11 is 6.21. The number of allylic oxidation sites excluding steroid dienone is 2. The normalized spacial score (nSPS) is 18.8. The van der Waals surface area contributed by atoms with Crippen molar-refractivity contribution >= 4 is 56.2 Å². The van der Waals surface area contributed by atoms with E-state index in [1.165, 1.54) is 22.0 Å². The Morgan fingerprint density at radius 3 is 2.54 bits per heavy atom. The first-order valence-corrected chi connectivity index (χ1v) is 13.3. The molecule has 3 aromatic carbocycles. The Hall–Kier alpha value is -3.50. The van der Waals surface area contributed by atoms with Crippen LogP contribution in [0.25, 0.3) is 21.7 Å². The second-order valence-corrected chi connectivity index (χ2v) is 11.6. The number of nitrogens with one attached hydrogen (secondary N) is 1. The molecule has 1 aromatic heterocycles. The van der Waals surface area contributed by atoms with Gasteiger partial charge in [-0.3, -0.25) is 9.59 Å². The van der Waals surface area contributed by atoms with Gasteiger partial charge in [-0.1, -0.05) is 49.7 Å². The number of hydrogen-bond donors (Lipinski definition) is 1. The van der Waals surface area contributed by atoms with Crippen molar-refractivity contribution in [3.63, 3.8) is 0 Å². The first-order chi connectivity index (χ1) is 17.7. The molecule has 4 nitrogen and oxygen atoms in total. The first-order valence-electron chi connectivity index (χ1n) is 12.9. The third-order valence-electron chi connectivity index (χ3n) is 8.01. The van der Waals surface area contributed by atoms with Gasteiger partial charge in [-0.05, 0) is 60.4 Å². The Kier molecular flexibility index (Phi) is 5.50. The smallest absolute Gasteiger partial charge is 0.210 e. The van der Waals surface area contributed by atoms with Crippen molar-refractivity contribution in [1.82, 2.24) is 4.98 Å². The molecule has 4 aromatic rings. The Labute approximate surface area is 221 Å². The molecule has 0 unspecified atom stereocenters. The third kappa shape index (κ3) is 3.61. The summed E-state index contributed by atoms with van der Waals surface area (Å²) in [4.78, 5) is 30.2. The highest BCUT2D eigenvalue weighted by molar-refractivity contribution is 6.44. The maximum Gasteiger partial charge on any atom is 0.210 e. The van der Waals surface area contributed by atoms with Gasteiger partial charge in [-0.25, -0.2) is 0 Å². The summed E-state index contributed by atoms with van der Waals surface area (Å²) in [5, 5.41) is 3.82. The van der Waals surface area contributed by atoms with Crippen molar-refractivity contribution in [3.8, 4) is 0 Å². The van der Waals surface area contributed by atoms with Crippen molar-refractivity contribution in [2.75, 3.05) is 6.54 Å². The monoisotopic (exact) mass is 509 g/mol. The summed E-state index contributed by atoms with van der Waals surface area (Å²) in [5.74, 6) is -0.500. The molecule has 1 aliphatic heterocycles. The number of carbonyl (C=O) groups is 2. The average Bonchev–Trinajstić information content (AvgIpc) is 3.36. The molecule has 2 heterocycles. The third-order valence-corrected chi connectivity index (χ3v) is 8.24. The number of halogens is 1. The molecule has 37 heavy (non-hydrogen) atoms. The Balaban J connectivity index is 1.45. The molecule has 0 bridgehead atoms. The average molecular weight is 510 g/mol. The van der Waals surface area contributed by atoms with Gasteiger partial charge >= 0.3 is 0 Å². The van der Waals surface area contributed by atoms with Crippen molar-refractivity contribution in [3.05, 3.63) is 88.6 Å². The number of H-pyrrole nitrogens is 1. The second kappa shape index (κ2) is 8.53. The topological polar surface area (TPSA) is 52.9 Å². The van der Waals surface area contributed by atoms with E-state index in [2.05, 4.69) is 73.7 Å². The standard InChI is InChI=1S/C32H29ClN2O2/c1-18(2)13-14-35-26-12-9-19-7-5-6-8-21(19)29(26)32(3,4)27(35)16-23-30(36)28(31(23)37)24-17-34-25-11-10-20(33)15-22(24)25/h5-12,15-18,28H,13-14H2,1-4H3/p+1. The Bertz CT molecular complexity index is 1670. The number of aromatic nitrogens is 1. The molecule has 1 fully saturated rings. The summed E-state index contributed by atoms with van der Waals surface area (Å²) in [7, 11) is 0. The molecular formula is C32H30ClN2O2+. The number of Topliss-reactive ketones (excluding diaryl/α,β-unsaturated/α-hetero) is 2. The predicted octanol–water partition coefficient (Wildman–Crippen LogP) is 7.26. The fourth-order valence-electron chi connectivity index (χ4n) is 6.01. The highest BCUT2D eigenvalue weighted by Gasteiger charge is 2.50. The minimum Gasteiger partial charge on any atom is -0.361 e. The molecule has 0 radical (unpaired) electrons. The van der Waals surface area contributed by atoms with Gasteiger partial charge < -0.3 is 4.98 Å². The SMILES string of the molecule is CC(C)CC[N+]1=C(C=C2C(=O)C(c3c[nH]c4ccc(Cl)cc34)C2=O)C(C)(C)c2c1ccc1ccccc21. The second-order valence-electron chi connectivity index (χ2n) is 11.2. The molecule has 0 spiro atoms. The fourth-order valence-corrected chi connectivity index (χ4v) is 6.18. The van der Waals surface area contributed by atoms with E-state index in [1.807, 2.05) is 18.2 Å². The number of ketones is 2. The van der Waals surface area contributed by atoms with Gasteiger partial charge in [0.15, 0.2) is 17.3 Å². The minimum absolute atomic E-state index is 0.126. The van der Waals surface area contributed by atoms with E-state index in [0.29, 0.717) is 16.5 Å². The lowest BCUT2D eigenvalue weighted by Gasteiger charge is -2.26. The number of aromatic amines is 1. The summed E-state index contributed by atoms with van der Waals surface area (Å²) < 4.78 is 2.33. The molecule has 0 amide bonds. The van der Waals surface area contributed by atoms with E-state index in [4.69, 9.17) is 11.6 Å². The molecular weight excluding hydrogens is 480 g/mol. The lowest BCUT2D eigenvalue weighted by molar-refractivity contribution is -0.439. The molecule has 2 aliphatic rings. The van der Waals surface area contributed by atoms with E-state index in [-0.39, 0.29) is 22.6 Å². The van der Waals surface area contributed by atoms with Gasteiger partial charge in [-0.15, -0.1) is 0 Å². The number of fused-ring (bicyclic) bond motifs is 4. The molecule has 6 rings (SSSR count). The molecule has 5 heteroatoms. The van der Waals surface area contributed by atoms with Crippen LogP contribution in [0.1, 0.15) is 51.2 Å². The molecule has 0 saturated heterocycles. The highest BCUT2D eigenvalue weighted by atomic mass is 35.5. The number of rotatable bonds is 5. The van der Waals surface area contributed by atoms with Crippen LogP contribution in [0.2, 0.25) is 5.02 Å². The Morgan fingerprint density at radius 2 is 1.78 bits per heavy atom. The van der Waals surface area contributed by atoms with Gasteiger partial charge in [0.05, 0.1) is 11.0 Å². The Morgan fingerprint density at radius 1 is 1.03 bits per heavy atom. The van der Waals surface area contributed by atoms with Gasteiger partial charge in [0.25, 0.3) is 0 Å². The quantitative estimate of drug-likeness (QED) is 0.133. The maximum atomic E-state index is 13.5. The summed E-state index contributed by atoms with van der Waals surface area (Å²) in [6.45, 7) is 9.67. The number of carbonyl (C=O) groups excluding carboxylic acids is 2. The van der Waals surface area contributed by atoms with Crippen LogP contribution in [0.5, 0.6) is 0 Å². The van der Waals surface area contributed by atoms with Crippen molar-refractivity contribution in [2.24, 2.45) is 5.92 Å². The number of nitrogens with zero attached hydrogens (tertiary/aromatic N) is 1. The van der Waals surface area contributed by atoms with E-state index in [1.54, 1.807) is 12.3 Å². The van der Waals surface area contributed by atoms with Crippen LogP contribution in [0, 0.1) is 5.92 Å². The van der Waals surface area contributed by atoms with E-state index < -0.39 is 5.92 Å². The van der Waals surface area contributed by atoms with E-state index >= 15 is 0 Å². The van der Waals surface area contributed by atoms with E-state index in [9.17, 15) is 9.59 Å². The van der Waals surface area contributed by atoms with Crippen LogP contribution in [0.15, 0.2) is 72.4 Å². The van der Waals surface area contributed by atoms with Crippen LogP contribution in [0.4, 0.5) is 5.69 Å². The number of hydrogen-bond acceptors (Lipinski definition) is 2. The lowest BCUT2D eigenvalue weighted by atomic mass is 9.70. The van der Waals surface area contributed by atoms with Crippen molar-refractivity contribution in [1.29, 1.82) is 0 Å². The first kappa shape index (κ1) is 23.9. The van der Waals surface area contributed by atoms with Gasteiger partial charge in [0.2, 0.25) is 5.69 Å². The molecule has 186 valence electrons. The predicted molar refractivity (Wildman–Crippen MR) is 150 cm³/mol. The zero-order valence-corrected chi connectivity index (χ0v) is 22.3. The molecule has 0 atom stereocenters. The van der Waals surface area contributed by atoms with Crippen LogP contribution >= 0.6 is 11.6 Å². The van der Waals surface area contributed by atoms with Crippen LogP contribution in [-0.2, 0) is 15.0 Å². The van der Waals surface area contributed by atoms with Crippen LogP contribution in [-0.4, -0.2) is 33.4 Å². The minimum atomic E-state index is -0.782. The maximum absolute atomic E-state index is 13.5. The highest BCUT2D eigenvalue weighted by Crippen LogP contribution is 2.46. The van der Waals surface area contributed by atoms with Crippen LogP contribution < -0.4 is 0 Å². The summed E-state index contributed by atoms with van der Waals surface area (Å²) in [5.41, 5.74) is 4.92. The molecule has 1 aliphatic carbocycles. The van der Waals surface area contributed by atoms with Gasteiger partial charge in [-0.2, -0.15) is 4.58 Å². The zero-order chi connectivity index (χ0) is 26.1. The largest absolute Gasteiger partial charge is 0.361 e. The number of benzene rings is 3. The van der Waals surface area contributed by atoms with Crippen molar-refractivity contribution < 1.29 is 14.2 Å². The van der Waals surface area contributed by atoms with Gasteiger partial charge in [0, 0.05) is 46.2 Å². The van der Waals surface area contributed by atoms with E-state index in [0.717, 1.165) is 29.6 Å². The van der Waals surface area contributed by atoms with Crippen molar-refractivity contribution in [2.45, 2.75) is 45.4 Å². The fraction of sp³-hybridized carbons (Fsp3) is 0.281. The lowest BCUT2D eigenvalue weighted by Crippen LogP contribution is -2.40. The summed E-state index contributed by atoms with van der Waals surface area (Å²) in [6.07, 6.45) is 4.65. The summed E-state index contributed by atoms with van der Waals surface area (Å²) in [6, 6.07) is 18.3. The zero-order valence-electron chi connectivity index (χ0n) is 21.6. The van der Waals surface area contributed by atoms with Crippen LogP contribution in [0.3, 0.4) is 0 Å². The van der Waals surface area contributed by atoms with Gasteiger partial charge in [0.1, 0.15) is 12.5 Å².